The number of nitrogens with one attached hydrogen (secondary N) is 2. The third-order valence-electron chi connectivity index (χ3n) is 7.94. The number of urea groups is 1. The highest BCUT2D eigenvalue weighted by molar-refractivity contribution is 7.93. The van der Waals surface area contributed by atoms with E-state index in [0.29, 0.717) is 23.1 Å². The molecule has 216 valence electrons. The summed E-state index contributed by atoms with van der Waals surface area (Å²) >= 11 is 0. The highest BCUT2D eigenvalue weighted by Gasteiger charge is 2.60. The number of methoxy groups -OCH3 is 1. The first-order chi connectivity index (χ1) is 20.2. The van der Waals surface area contributed by atoms with Crippen LogP contribution in [0, 0.1) is 16.7 Å². The first-order valence-corrected chi connectivity index (χ1v) is 14.8. The van der Waals surface area contributed by atoms with Crippen molar-refractivity contribution in [2.45, 2.75) is 17.4 Å². The van der Waals surface area contributed by atoms with E-state index in [1.807, 2.05) is 0 Å². The summed E-state index contributed by atoms with van der Waals surface area (Å²) in [6.45, 7) is 4.50. The first kappa shape index (κ1) is 27.5. The molecule has 2 N–H and O–H groups in total. The van der Waals surface area contributed by atoms with E-state index < -0.39 is 27.5 Å². The predicted molar refractivity (Wildman–Crippen MR) is 150 cm³/mol. The molecule has 12 nitrogen and oxygen atoms in total. The summed E-state index contributed by atoms with van der Waals surface area (Å²) in [6, 6.07) is 14.5. The van der Waals surface area contributed by atoms with E-state index in [1.165, 1.54) is 55.8 Å². The van der Waals surface area contributed by atoms with Crippen LogP contribution in [0.15, 0.2) is 65.7 Å². The van der Waals surface area contributed by atoms with Gasteiger partial charge in [0, 0.05) is 43.4 Å². The van der Waals surface area contributed by atoms with Crippen molar-refractivity contribution in [1.29, 1.82) is 5.26 Å². The minimum Gasteiger partial charge on any atom is -0.497 e. The molecule has 0 radical (unpaired) electrons. The Morgan fingerprint density at radius 3 is 2.50 bits per heavy atom. The normalized spacial score (nSPS) is 20.3. The molecule has 42 heavy (non-hydrogen) atoms. The maximum absolute atomic E-state index is 14.8. The van der Waals surface area contributed by atoms with Crippen molar-refractivity contribution in [1.82, 2.24) is 20.5 Å². The van der Waals surface area contributed by atoms with Gasteiger partial charge in [-0.3, -0.25) is 4.79 Å². The number of amides is 3. The molecule has 1 atom stereocenters. The number of hydrogen-bond donors (Lipinski definition) is 2. The molecule has 3 aromatic rings. The van der Waals surface area contributed by atoms with Gasteiger partial charge in [-0.2, -0.15) is 9.57 Å². The molecule has 4 heterocycles. The molecule has 2 aromatic carbocycles. The number of pyridine rings is 1. The van der Waals surface area contributed by atoms with Crippen molar-refractivity contribution < 1.29 is 27.5 Å². The zero-order valence-electron chi connectivity index (χ0n) is 23.0. The fourth-order valence-electron chi connectivity index (χ4n) is 5.78. The molecule has 3 aliphatic rings. The molecular formula is C29H28N6O6S. The number of rotatable bonds is 7. The van der Waals surface area contributed by atoms with Crippen LogP contribution in [0.2, 0.25) is 0 Å². The number of anilines is 1. The second kappa shape index (κ2) is 10.0. The van der Waals surface area contributed by atoms with Crippen LogP contribution < -0.4 is 24.4 Å². The summed E-state index contributed by atoms with van der Waals surface area (Å²) in [6.07, 6.45) is 1.48. The van der Waals surface area contributed by atoms with E-state index in [0.717, 1.165) is 13.1 Å². The Kier molecular flexibility index (Phi) is 6.55. The number of likely N-dealkylation sites (tertiary alicyclic amines) is 1. The Balaban J connectivity index is 1.54. The Bertz CT molecular complexity index is 1730. The molecule has 0 aliphatic carbocycles. The summed E-state index contributed by atoms with van der Waals surface area (Å²) in [5, 5.41) is 15.9. The minimum absolute atomic E-state index is 0.00434. The van der Waals surface area contributed by atoms with Crippen molar-refractivity contribution in [3.8, 4) is 17.7 Å². The van der Waals surface area contributed by atoms with Gasteiger partial charge in [0.25, 0.3) is 15.9 Å². The topological polar surface area (TPSA) is 154 Å². The van der Waals surface area contributed by atoms with Crippen molar-refractivity contribution >= 4 is 27.6 Å². The highest BCUT2D eigenvalue weighted by atomic mass is 32.2. The van der Waals surface area contributed by atoms with Gasteiger partial charge in [-0.05, 0) is 61.5 Å². The lowest BCUT2D eigenvalue weighted by atomic mass is 9.74. The monoisotopic (exact) mass is 588 g/mol. The summed E-state index contributed by atoms with van der Waals surface area (Å²) in [5.41, 5.74) is -1.62. The number of ether oxygens (including phenoxy) is 2. The van der Waals surface area contributed by atoms with Gasteiger partial charge in [0.1, 0.15) is 5.75 Å². The molecule has 1 spiro atoms. The van der Waals surface area contributed by atoms with Crippen LogP contribution in [0.3, 0.4) is 0 Å². The van der Waals surface area contributed by atoms with Crippen LogP contribution in [0.5, 0.6) is 11.6 Å². The van der Waals surface area contributed by atoms with Crippen molar-refractivity contribution in [3.63, 3.8) is 0 Å². The Morgan fingerprint density at radius 1 is 1.14 bits per heavy atom. The van der Waals surface area contributed by atoms with E-state index in [4.69, 9.17) is 9.47 Å². The molecular weight excluding hydrogens is 560 g/mol. The van der Waals surface area contributed by atoms with E-state index in [1.54, 1.807) is 24.0 Å². The number of fused-ring (bicyclic) bond motifs is 1. The van der Waals surface area contributed by atoms with Crippen molar-refractivity contribution in [2.75, 3.05) is 44.2 Å². The average molecular weight is 589 g/mol. The third kappa shape index (κ3) is 4.06. The number of nitrogens with zero attached hydrogens (tertiary/aromatic N) is 4. The van der Waals surface area contributed by atoms with E-state index in [2.05, 4.69) is 21.7 Å². The van der Waals surface area contributed by atoms with Crippen LogP contribution in [-0.2, 0) is 20.4 Å². The first-order valence-electron chi connectivity index (χ1n) is 13.3. The predicted octanol–water partition coefficient (Wildman–Crippen LogP) is 1.95. The molecule has 2 fully saturated rings. The molecule has 6 rings (SSSR count). The smallest absolute Gasteiger partial charge is 0.318 e. The number of benzene rings is 2. The zero-order valence-corrected chi connectivity index (χ0v) is 23.8. The van der Waals surface area contributed by atoms with Gasteiger partial charge >= 0.3 is 6.03 Å². The third-order valence-corrected chi connectivity index (χ3v) is 9.65. The molecule has 2 saturated heterocycles. The number of carbonyl (C=O) groups excluding carboxylic acids is 2. The molecule has 13 heteroatoms. The quantitative estimate of drug-likeness (QED) is 0.422. The summed E-state index contributed by atoms with van der Waals surface area (Å²) in [7, 11) is -3.04. The van der Waals surface area contributed by atoms with Crippen LogP contribution in [0.4, 0.5) is 10.5 Å². The molecule has 0 saturated carbocycles. The molecule has 1 unspecified atom stereocenters. The Labute approximate surface area is 242 Å². The lowest BCUT2D eigenvalue weighted by Crippen LogP contribution is -2.73. The van der Waals surface area contributed by atoms with Gasteiger partial charge in [-0.25, -0.2) is 18.2 Å². The van der Waals surface area contributed by atoms with Crippen LogP contribution in [-0.4, -0.2) is 70.1 Å². The number of sulfonamides is 1. The fourth-order valence-corrected chi connectivity index (χ4v) is 7.24. The SMILES string of the molecule is CCOc1ncccc1C1(NC(=O)N2CC3(CNC3)C2)C(=O)N(S(=O)(=O)c2ccc(OC)cc2)c2ccc(C#N)cc21. The number of nitriles is 1. The maximum Gasteiger partial charge on any atom is 0.318 e. The molecule has 3 amide bonds. The summed E-state index contributed by atoms with van der Waals surface area (Å²) in [4.78, 5) is 34.3. The lowest BCUT2D eigenvalue weighted by molar-refractivity contribution is -0.121. The second-order valence-electron chi connectivity index (χ2n) is 10.5. The second-order valence-corrected chi connectivity index (χ2v) is 12.3. The molecule has 3 aliphatic heterocycles. The van der Waals surface area contributed by atoms with E-state index in [9.17, 15) is 23.3 Å². The van der Waals surface area contributed by atoms with Crippen LogP contribution >= 0.6 is 0 Å². The number of carbonyl (C=O) groups is 2. The highest BCUT2D eigenvalue weighted by Crippen LogP contribution is 2.49. The molecule has 0 bridgehead atoms. The van der Waals surface area contributed by atoms with Gasteiger partial charge in [0.2, 0.25) is 5.88 Å². The Hall–Kier alpha value is -4.67. The number of aromatic nitrogens is 1. The van der Waals surface area contributed by atoms with Crippen LogP contribution in [0.1, 0.15) is 23.6 Å². The number of hydrogen-bond acceptors (Lipinski definition) is 9. The van der Waals surface area contributed by atoms with Crippen molar-refractivity contribution in [2.24, 2.45) is 5.41 Å². The van der Waals surface area contributed by atoms with Gasteiger partial charge in [0.05, 0.1) is 41.5 Å². The maximum atomic E-state index is 14.8. The zero-order chi connectivity index (χ0) is 29.7. The lowest BCUT2D eigenvalue weighted by Gasteiger charge is -2.56. The largest absolute Gasteiger partial charge is 0.497 e. The standard InChI is InChI=1S/C29H28N6O6S/c1-3-41-25-22(5-4-12-32-25)29(33-27(37)34-17-28(18-34)15-31-16-28)23-13-19(14-30)6-11-24(23)35(26(29)36)42(38,39)21-9-7-20(40-2)8-10-21/h4-13,31H,3,15-18H2,1-2H3,(H,33,37). The summed E-state index contributed by atoms with van der Waals surface area (Å²) in [5.74, 6) is -0.465. The minimum atomic E-state index is -4.50. The fraction of sp³-hybridized carbons (Fsp3) is 0.310. The van der Waals surface area contributed by atoms with Gasteiger partial charge in [-0.15, -0.1) is 0 Å². The van der Waals surface area contributed by atoms with E-state index >= 15 is 0 Å². The van der Waals surface area contributed by atoms with Crippen molar-refractivity contribution in [3.05, 3.63) is 77.5 Å². The van der Waals surface area contributed by atoms with Gasteiger partial charge in [0.15, 0.2) is 5.54 Å². The van der Waals surface area contributed by atoms with Crippen LogP contribution in [0.25, 0.3) is 0 Å². The van der Waals surface area contributed by atoms with Gasteiger partial charge < -0.3 is 25.0 Å². The Morgan fingerprint density at radius 2 is 1.88 bits per heavy atom. The average Bonchev–Trinajstić information content (AvgIpc) is 3.19. The van der Waals surface area contributed by atoms with E-state index in [-0.39, 0.29) is 45.2 Å². The van der Waals surface area contributed by atoms with Gasteiger partial charge in [-0.1, -0.05) is 0 Å². The molecule has 1 aromatic heterocycles. The summed E-state index contributed by atoms with van der Waals surface area (Å²) < 4.78 is 39.9.